The fourth-order valence-corrected chi connectivity index (χ4v) is 0.332. The third-order valence-corrected chi connectivity index (χ3v) is 0.854. The van der Waals surface area contributed by atoms with Crippen LogP contribution in [-0.2, 0) is 9.53 Å². The number of carboxylic acids is 1. The van der Waals surface area contributed by atoms with E-state index in [2.05, 4.69) is 11.3 Å². The molecule has 0 aromatic rings. The van der Waals surface area contributed by atoms with Crippen LogP contribution in [0.1, 0.15) is 6.42 Å². The Bertz CT molecular complexity index is 156. The van der Waals surface area contributed by atoms with Crippen molar-refractivity contribution in [3.63, 3.8) is 0 Å². The van der Waals surface area contributed by atoms with Gasteiger partial charge < -0.3 is 9.84 Å². The first-order valence-electron chi connectivity index (χ1n) is 2.86. The zero-order chi connectivity index (χ0) is 8.91. The number of halogens is 2. The maximum Gasteiger partial charge on any atom is 0.455 e. The van der Waals surface area contributed by atoms with Crippen LogP contribution in [0.2, 0.25) is 0 Å². The third-order valence-electron chi connectivity index (χ3n) is 0.854. The molecule has 0 aliphatic heterocycles. The predicted molar refractivity (Wildman–Crippen MR) is 33.3 cm³/mol. The van der Waals surface area contributed by atoms with Gasteiger partial charge in [0.15, 0.2) is 0 Å². The Morgan fingerprint density at radius 1 is 1.73 bits per heavy atom. The highest BCUT2D eigenvalue weighted by Crippen LogP contribution is 2.15. The van der Waals surface area contributed by atoms with Gasteiger partial charge in [0, 0.05) is 0 Å². The average Bonchev–Trinajstić information content (AvgIpc) is 1.88. The van der Waals surface area contributed by atoms with Crippen molar-refractivity contribution in [1.29, 1.82) is 0 Å². The highest BCUT2D eigenvalue weighted by molar-refractivity contribution is 5.73. The maximum atomic E-state index is 12.0. The first kappa shape index (κ1) is 10.0. The average molecular weight is 166 g/mol. The fourth-order valence-electron chi connectivity index (χ4n) is 0.332. The molecule has 1 N–H and O–H groups in total. The fraction of sp³-hybridized carbons (Fsp3) is 0.500. The van der Waals surface area contributed by atoms with Crippen LogP contribution in [0, 0.1) is 0 Å². The molecule has 0 saturated heterocycles. The second-order valence-corrected chi connectivity index (χ2v) is 1.75. The van der Waals surface area contributed by atoms with E-state index in [9.17, 15) is 13.6 Å². The number of hydrogen-bond acceptors (Lipinski definition) is 2. The molecule has 0 aliphatic rings. The quantitative estimate of drug-likeness (QED) is 0.494. The number of ether oxygens (including phenoxy) is 1. The minimum Gasteiger partial charge on any atom is -0.475 e. The first-order valence-corrected chi connectivity index (χ1v) is 2.86. The van der Waals surface area contributed by atoms with Crippen molar-refractivity contribution in [3.8, 4) is 0 Å². The molecule has 64 valence electrons. The normalized spacial score (nSPS) is 11.1. The minimum absolute atomic E-state index is 0.197. The number of carboxylic acid groups (broad SMARTS) is 1. The number of alkyl halides is 2. The standard InChI is InChI=1S/C6H8F2O3/c1-2-3-4-11-6(7,8)5(9)10/h2H,1,3-4H2,(H,9,10). The van der Waals surface area contributed by atoms with E-state index in [-0.39, 0.29) is 13.0 Å². The van der Waals surface area contributed by atoms with Gasteiger partial charge >= 0.3 is 12.1 Å². The van der Waals surface area contributed by atoms with Crippen LogP contribution in [0.5, 0.6) is 0 Å². The van der Waals surface area contributed by atoms with E-state index in [1.807, 2.05) is 0 Å². The van der Waals surface area contributed by atoms with Gasteiger partial charge in [0.2, 0.25) is 0 Å². The SMILES string of the molecule is C=CCCOC(F)(F)C(=O)O. The van der Waals surface area contributed by atoms with E-state index in [4.69, 9.17) is 5.11 Å². The molecular weight excluding hydrogens is 158 g/mol. The lowest BCUT2D eigenvalue weighted by Gasteiger charge is -2.09. The second kappa shape index (κ2) is 4.02. The molecule has 0 aromatic heterocycles. The highest BCUT2D eigenvalue weighted by atomic mass is 19.3. The summed E-state index contributed by atoms with van der Waals surface area (Å²) in [6.45, 7) is 2.91. The first-order chi connectivity index (χ1) is 5.00. The molecule has 0 spiro atoms. The Morgan fingerprint density at radius 3 is 2.64 bits per heavy atom. The largest absolute Gasteiger partial charge is 0.475 e. The molecule has 0 bridgehead atoms. The third kappa shape index (κ3) is 3.67. The highest BCUT2D eigenvalue weighted by Gasteiger charge is 2.40. The molecule has 0 amide bonds. The summed E-state index contributed by atoms with van der Waals surface area (Å²) in [7, 11) is 0. The summed E-state index contributed by atoms with van der Waals surface area (Å²) in [4.78, 5) is 9.71. The monoisotopic (exact) mass is 166 g/mol. The summed E-state index contributed by atoms with van der Waals surface area (Å²) in [6, 6.07) is 0. The van der Waals surface area contributed by atoms with Gasteiger partial charge in [-0.25, -0.2) is 4.79 Å². The maximum absolute atomic E-state index is 12.0. The van der Waals surface area contributed by atoms with Crippen molar-refractivity contribution in [2.24, 2.45) is 0 Å². The molecule has 0 unspecified atom stereocenters. The molecule has 0 rings (SSSR count). The molecular formula is C6H8F2O3. The van der Waals surface area contributed by atoms with Crippen LogP contribution in [-0.4, -0.2) is 23.8 Å². The summed E-state index contributed by atoms with van der Waals surface area (Å²) in [5, 5.41) is 7.84. The van der Waals surface area contributed by atoms with Crippen molar-refractivity contribution in [2.45, 2.75) is 12.5 Å². The van der Waals surface area contributed by atoms with Gasteiger partial charge in [-0.3, -0.25) is 0 Å². The van der Waals surface area contributed by atoms with Crippen molar-refractivity contribution in [2.75, 3.05) is 6.61 Å². The van der Waals surface area contributed by atoms with Gasteiger partial charge in [-0.1, -0.05) is 6.08 Å². The molecule has 0 aromatic carbocycles. The Morgan fingerprint density at radius 2 is 2.27 bits per heavy atom. The van der Waals surface area contributed by atoms with Crippen LogP contribution < -0.4 is 0 Å². The van der Waals surface area contributed by atoms with Gasteiger partial charge in [0.25, 0.3) is 0 Å². The molecule has 11 heavy (non-hydrogen) atoms. The smallest absolute Gasteiger partial charge is 0.455 e. The molecule has 0 radical (unpaired) electrons. The van der Waals surface area contributed by atoms with E-state index in [0.29, 0.717) is 0 Å². The van der Waals surface area contributed by atoms with E-state index >= 15 is 0 Å². The number of rotatable bonds is 5. The van der Waals surface area contributed by atoms with E-state index in [1.54, 1.807) is 0 Å². The lowest BCUT2D eigenvalue weighted by atomic mass is 10.4. The predicted octanol–water partition coefficient (Wildman–Crippen LogP) is 1.26. The summed E-state index contributed by atoms with van der Waals surface area (Å²) in [5.74, 6) is -2.28. The summed E-state index contributed by atoms with van der Waals surface area (Å²) in [5.41, 5.74) is 0. The molecule has 0 atom stereocenters. The van der Waals surface area contributed by atoms with Crippen LogP contribution in [0.15, 0.2) is 12.7 Å². The molecule has 0 saturated carbocycles. The lowest BCUT2D eigenvalue weighted by Crippen LogP contribution is -2.31. The summed E-state index contributed by atoms with van der Waals surface area (Å²) < 4.78 is 27.8. The van der Waals surface area contributed by atoms with Crippen molar-refractivity contribution in [1.82, 2.24) is 0 Å². The summed E-state index contributed by atoms with van der Waals surface area (Å²) >= 11 is 0. The van der Waals surface area contributed by atoms with Gasteiger partial charge in [0.05, 0.1) is 6.61 Å². The zero-order valence-electron chi connectivity index (χ0n) is 5.72. The van der Waals surface area contributed by atoms with Crippen molar-refractivity contribution >= 4 is 5.97 Å². The second-order valence-electron chi connectivity index (χ2n) is 1.75. The summed E-state index contributed by atoms with van der Waals surface area (Å²) in [6.07, 6.45) is -2.52. The lowest BCUT2D eigenvalue weighted by molar-refractivity contribution is -0.245. The van der Waals surface area contributed by atoms with Gasteiger partial charge in [-0.2, -0.15) is 8.78 Å². The number of hydrogen-bond donors (Lipinski definition) is 1. The zero-order valence-corrected chi connectivity index (χ0v) is 5.72. The molecule has 5 heteroatoms. The van der Waals surface area contributed by atoms with Crippen LogP contribution in [0.3, 0.4) is 0 Å². The van der Waals surface area contributed by atoms with Crippen LogP contribution in [0.4, 0.5) is 8.78 Å². The Labute approximate surface area is 62.3 Å². The van der Waals surface area contributed by atoms with Crippen molar-refractivity contribution in [3.05, 3.63) is 12.7 Å². The molecule has 3 nitrogen and oxygen atoms in total. The number of carbonyl (C=O) groups is 1. The van der Waals surface area contributed by atoms with E-state index < -0.39 is 12.1 Å². The van der Waals surface area contributed by atoms with Crippen LogP contribution >= 0.6 is 0 Å². The Hall–Kier alpha value is -0.970. The van der Waals surface area contributed by atoms with E-state index in [0.717, 1.165) is 0 Å². The minimum atomic E-state index is -4.08. The topological polar surface area (TPSA) is 46.5 Å². The number of aliphatic carboxylic acids is 1. The van der Waals surface area contributed by atoms with Gasteiger partial charge in [0.1, 0.15) is 0 Å². The van der Waals surface area contributed by atoms with Gasteiger partial charge in [-0.15, -0.1) is 6.58 Å². The Kier molecular flexibility index (Phi) is 3.67. The van der Waals surface area contributed by atoms with Crippen molar-refractivity contribution < 1.29 is 23.4 Å². The van der Waals surface area contributed by atoms with E-state index in [1.165, 1.54) is 6.08 Å². The molecule has 0 fully saturated rings. The van der Waals surface area contributed by atoms with Crippen LogP contribution in [0.25, 0.3) is 0 Å². The molecule has 0 heterocycles. The van der Waals surface area contributed by atoms with Gasteiger partial charge in [-0.05, 0) is 6.42 Å². The Balaban J connectivity index is 3.72. The molecule has 0 aliphatic carbocycles.